The van der Waals surface area contributed by atoms with E-state index in [4.69, 9.17) is 10.7 Å². The summed E-state index contributed by atoms with van der Waals surface area (Å²) >= 11 is 0. The maximum absolute atomic E-state index is 12.9. The minimum atomic E-state index is -1.43. The molecule has 0 saturated heterocycles. The van der Waals surface area contributed by atoms with Gasteiger partial charge >= 0.3 is 0 Å². The Kier molecular flexibility index (Phi) is 6.03. The van der Waals surface area contributed by atoms with Crippen LogP contribution in [0.3, 0.4) is 0 Å². The van der Waals surface area contributed by atoms with Gasteiger partial charge in [-0.25, -0.2) is 9.97 Å². The highest BCUT2D eigenvalue weighted by Gasteiger charge is 2.58. The van der Waals surface area contributed by atoms with Crippen LogP contribution in [0.2, 0.25) is 0 Å². The van der Waals surface area contributed by atoms with Crippen molar-refractivity contribution < 1.29 is 14.7 Å². The van der Waals surface area contributed by atoms with Gasteiger partial charge in [-0.3, -0.25) is 19.0 Å². The molecule has 206 valence electrons. The van der Waals surface area contributed by atoms with E-state index in [1.807, 2.05) is 53.9 Å². The van der Waals surface area contributed by atoms with Crippen LogP contribution >= 0.6 is 0 Å². The average molecular weight is 539 g/mol. The number of nitrogens with zero attached hydrogens (tertiary/aromatic N) is 4. The Hall–Kier alpha value is -4.11. The molecule has 9 nitrogen and oxygen atoms in total. The highest BCUT2D eigenvalue weighted by atomic mass is 16.3. The third-order valence-electron chi connectivity index (χ3n) is 8.63. The Morgan fingerprint density at radius 1 is 1.07 bits per heavy atom. The highest BCUT2D eigenvalue weighted by Crippen LogP contribution is 2.57. The maximum Gasteiger partial charge on any atom is 0.251 e. The Balaban J connectivity index is 1.32. The molecule has 2 fully saturated rings. The fraction of sp³-hybridized carbons (Fsp3) is 0.387. The third-order valence-corrected chi connectivity index (χ3v) is 8.63. The summed E-state index contributed by atoms with van der Waals surface area (Å²) in [5.74, 6) is 0.951. The number of nitrogens with two attached hydrogens (primary N) is 1. The molecule has 3 heterocycles. The van der Waals surface area contributed by atoms with Gasteiger partial charge in [0.1, 0.15) is 28.5 Å². The molecule has 2 saturated carbocycles. The van der Waals surface area contributed by atoms with Crippen LogP contribution in [0.15, 0.2) is 55.0 Å². The molecular formula is C31H34N6O3. The van der Waals surface area contributed by atoms with Crippen molar-refractivity contribution in [3.05, 3.63) is 77.6 Å². The zero-order valence-corrected chi connectivity index (χ0v) is 23.1. The van der Waals surface area contributed by atoms with Crippen molar-refractivity contribution in [3.8, 4) is 11.3 Å². The molecule has 6 rings (SSSR count). The number of carbonyl (C=O) groups excluding carboxylic acids is 2. The van der Waals surface area contributed by atoms with Crippen molar-refractivity contribution in [2.45, 2.75) is 75.9 Å². The first-order valence-corrected chi connectivity index (χ1v) is 13.7. The van der Waals surface area contributed by atoms with Crippen molar-refractivity contribution in [1.82, 2.24) is 24.7 Å². The topological polar surface area (TPSA) is 136 Å². The summed E-state index contributed by atoms with van der Waals surface area (Å²) in [6.07, 6.45) is 9.70. The molecule has 3 aromatic heterocycles. The van der Waals surface area contributed by atoms with Crippen LogP contribution in [0.25, 0.3) is 16.8 Å². The molecule has 0 atom stereocenters. The average Bonchev–Trinajstić information content (AvgIpc) is 3.59. The van der Waals surface area contributed by atoms with Crippen LogP contribution in [0, 0.1) is 6.92 Å². The van der Waals surface area contributed by atoms with Crippen molar-refractivity contribution in [2.75, 3.05) is 5.73 Å². The second kappa shape index (κ2) is 9.23. The lowest BCUT2D eigenvalue weighted by atomic mass is 9.83. The first-order chi connectivity index (χ1) is 19.0. The molecule has 2 bridgehead atoms. The number of imidazole rings is 1. The van der Waals surface area contributed by atoms with Gasteiger partial charge in [-0.2, -0.15) is 0 Å². The number of nitrogen functional groups attached to an aromatic ring is 1. The maximum atomic E-state index is 12.9. The number of ketones is 1. The molecule has 2 aliphatic carbocycles. The highest BCUT2D eigenvalue weighted by molar-refractivity contribution is 5.98. The molecule has 40 heavy (non-hydrogen) atoms. The van der Waals surface area contributed by atoms with Crippen molar-refractivity contribution in [3.63, 3.8) is 0 Å². The molecule has 0 spiro atoms. The van der Waals surface area contributed by atoms with E-state index in [2.05, 4.69) is 15.3 Å². The van der Waals surface area contributed by atoms with Gasteiger partial charge in [0.2, 0.25) is 0 Å². The summed E-state index contributed by atoms with van der Waals surface area (Å²) in [6, 6.07) is 11.3. The molecule has 2 aliphatic rings. The summed E-state index contributed by atoms with van der Waals surface area (Å²) in [5.41, 5.74) is 9.13. The summed E-state index contributed by atoms with van der Waals surface area (Å²) in [6.45, 7) is 5.01. The standard InChI is InChI=1S/C31H34N6O3/c1-19-8-13-33-22(16-19)17-23(38)20-4-6-21(7-5-20)24-25-26(32)34-14-15-37(25)27(35-24)30-9-11-31(18-30,12-10-30)36-28(39)29(2,3)40/h4-8,13-16,40H,9-12,17-18H2,1-3H3,(H2,32,34)(H,36,39). The first-order valence-electron chi connectivity index (χ1n) is 13.7. The quantitative estimate of drug-likeness (QED) is 0.303. The SMILES string of the molecule is Cc1ccnc(CC(=O)c2ccc(-c3nc(C45CCC(NC(=O)C(C)(C)O)(CC4)C5)n4ccnc(N)c34)cc2)c1. The zero-order chi connectivity index (χ0) is 28.3. The number of hydrogen-bond donors (Lipinski definition) is 3. The van der Waals surface area contributed by atoms with E-state index in [-0.39, 0.29) is 29.1 Å². The van der Waals surface area contributed by atoms with E-state index in [0.29, 0.717) is 11.4 Å². The number of hydrogen-bond acceptors (Lipinski definition) is 7. The van der Waals surface area contributed by atoms with Gasteiger partial charge in [-0.05, 0) is 70.6 Å². The fourth-order valence-corrected chi connectivity index (χ4v) is 6.49. The summed E-state index contributed by atoms with van der Waals surface area (Å²) in [7, 11) is 0. The van der Waals surface area contributed by atoms with Gasteiger partial charge in [0, 0.05) is 46.4 Å². The molecular weight excluding hydrogens is 504 g/mol. The van der Waals surface area contributed by atoms with Crippen LogP contribution in [0.4, 0.5) is 5.82 Å². The lowest BCUT2D eigenvalue weighted by Gasteiger charge is -2.31. The second-order valence-electron chi connectivity index (χ2n) is 12.1. The minimum Gasteiger partial charge on any atom is -0.382 e. The van der Waals surface area contributed by atoms with Crippen LogP contribution < -0.4 is 11.1 Å². The van der Waals surface area contributed by atoms with Gasteiger partial charge in [-0.15, -0.1) is 0 Å². The number of carbonyl (C=O) groups is 2. The smallest absolute Gasteiger partial charge is 0.251 e. The number of benzene rings is 1. The number of Topliss-reactive ketones (excluding diaryl/α,β-unsaturated/α-hetero) is 1. The van der Waals surface area contributed by atoms with Gasteiger partial charge in [0.05, 0.1) is 6.42 Å². The number of amides is 1. The number of aliphatic hydroxyl groups is 1. The van der Waals surface area contributed by atoms with Crippen molar-refractivity contribution in [1.29, 1.82) is 0 Å². The lowest BCUT2D eigenvalue weighted by molar-refractivity contribution is -0.138. The van der Waals surface area contributed by atoms with Gasteiger partial charge < -0.3 is 16.2 Å². The minimum absolute atomic E-state index is 0.00135. The molecule has 9 heteroatoms. The van der Waals surface area contributed by atoms with Crippen molar-refractivity contribution >= 4 is 23.0 Å². The molecule has 1 aromatic carbocycles. The number of fused-ring (bicyclic) bond motifs is 3. The number of rotatable bonds is 7. The number of anilines is 1. The third kappa shape index (κ3) is 4.44. The van der Waals surface area contributed by atoms with Crippen molar-refractivity contribution in [2.24, 2.45) is 0 Å². The Labute approximate surface area is 232 Å². The van der Waals surface area contributed by atoms with E-state index in [0.717, 1.165) is 66.0 Å². The summed E-state index contributed by atoms with van der Waals surface area (Å²) in [4.78, 5) is 39.4. The van der Waals surface area contributed by atoms with E-state index in [9.17, 15) is 14.7 Å². The zero-order valence-electron chi connectivity index (χ0n) is 23.1. The molecule has 4 aromatic rings. The van der Waals surface area contributed by atoms with E-state index in [1.54, 1.807) is 12.4 Å². The second-order valence-corrected chi connectivity index (χ2v) is 12.1. The number of aryl methyl sites for hydroxylation is 1. The first kappa shape index (κ1) is 26.1. The largest absolute Gasteiger partial charge is 0.382 e. The summed E-state index contributed by atoms with van der Waals surface area (Å²) < 4.78 is 2.04. The predicted molar refractivity (Wildman–Crippen MR) is 152 cm³/mol. The van der Waals surface area contributed by atoms with Crippen LogP contribution in [-0.4, -0.2) is 47.3 Å². The molecule has 4 N–H and O–H groups in total. The molecule has 0 unspecified atom stereocenters. The van der Waals surface area contributed by atoms with Crippen LogP contribution in [-0.2, 0) is 16.6 Å². The Bertz CT molecular complexity index is 1630. The molecule has 1 amide bonds. The number of pyridine rings is 1. The van der Waals surface area contributed by atoms with Crippen LogP contribution in [0.1, 0.15) is 73.4 Å². The monoisotopic (exact) mass is 538 g/mol. The van der Waals surface area contributed by atoms with Crippen LogP contribution in [0.5, 0.6) is 0 Å². The molecule has 0 radical (unpaired) electrons. The predicted octanol–water partition coefficient (Wildman–Crippen LogP) is 3.95. The van der Waals surface area contributed by atoms with E-state index < -0.39 is 5.60 Å². The van der Waals surface area contributed by atoms with Gasteiger partial charge in [0.15, 0.2) is 5.78 Å². The number of nitrogens with one attached hydrogen (secondary N) is 1. The van der Waals surface area contributed by atoms with Gasteiger partial charge in [0.25, 0.3) is 5.91 Å². The summed E-state index contributed by atoms with van der Waals surface area (Å²) in [5, 5.41) is 13.4. The van der Waals surface area contributed by atoms with E-state index >= 15 is 0 Å². The Morgan fingerprint density at radius 2 is 1.80 bits per heavy atom. The van der Waals surface area contributed by atoms with E-state index in [1.165, 1.54) is 13.8 Å². The van der Waals surface area contributed by atoms with Gasteiger partial charge in [-0.1, -0.05) is 24.3 Å². The Morgan fingerprint density at radius 3 is 2.48 bits per heavy atom. The number of aromatic nitrogens is 4. The normalized spacial score (nSPS) is 22.1. The fourth-order valence-electron chi connectivity index (χ4n) is 6.49. The molecule has 0 aliphatic heterocycles. The lowest BCUT2D eigenvalue weighted by Crippen LogP contribution is -2.52.